The van der Waals surface area contributed by atoms with Crippen LogP contribution in [-0.2, 0) is 17.7 Å². The number of carbonyl (C=O) groups is 1. The molecule has 0 unspecified atom stereocenters. The zero-order chi connectivity index (χ0) is 15.0. The fourth-order valence-corrected chi connectivity index (χ4v) is 2.35. The molecule has 0 saturated heterocycles. The molecule has 5 nitrogen and oxygen atoms in total. The van der Waals surface area contributed by atoms with Crippen molar-refractivity contribution in [1.29, 1.82) is 0 Å². The molecule has 0 saturated carbocycles. The molecule has 0 radical (unpaired) electrons. The van der Waals surface area contributed by atoms with Gasteiger partial charge in [0, 0.05) is 24.2 Å². The highest BCUT2D eigenvalue weighted by molar-refractivity contribution is 7.11. The number of carbonyl (C=O) groups excluding carboxylic acids is 1. The summed E-state index contributed by atoms with van der Waals surface area (Å²) >= 11 is 1.74. The van der Waals surface area contributed by atoms with Crippen LogP contribution in [0.3, 0.4) is 0 Å². The quantitative estimate of drug-likeness (QED) is 0.760. The summed E-state index contributed by atoms with van der Waals surface area (Å²) in [5.41, 5.74) is -0.439. The number of ether oxygens (including phenoxy) is 1. The summed E-state index contributed by atoms with van der Waals surface area (Å²) in [5.74, 6) is 0. The molecule has 0 fully saturated rings. The molecule has 20 heavy (non-hydrogen) atoms. The normalized spacial score (nSPS) is 11.4. The average Bonchev–Trinajstić information content (AvgIpc) is 2.79. The highest BCUT2D eigenvalue weighted by Gasteiger charge is 2.15. The Bertz CT molecular complexity index is 413. The number of rotatable bonds is 7. The van der Waals surface area contributed by atoms with E-state index in [4.69, 9.17) is 4.74 Å². The third kappa shape index (κ3) is 7.45. The van der Waals surface area contributed by atoms with E-state index >= 15 is 0 Å². The van der Waals surface area contributed by atoms with E-state index in [-0.39, 0.29) is 6.09 Å². The van der Waals surface area contributed by atoms with Gasteiger partial charge in [-0.25, -0.2) is 9.78 Å². The molecule has 2 N–H and O–H groups in total. The Labute approximate surface area is 125 Å². The molecular weight excluding hydrogens is 274 g/mol. The van der Waals surface area contributed by atoms with Crippen LogP contribution in [0, 0.1) is 0 Å². The third-order valence-electron chi connectivity index (χ3n) is 2.40. The second-order valence-corrected chi connectivity index (χ2v) is 6.73. The first-order chi connectivity index (χ1) is 9.40. The van der Waals surface area contributed by atoms with Crippen molar-refractivity contribution < 1.29 is 9.53 Å². The van der Waals surface area contributed by atoms with Crippen LogP contribution in [0.5, 0.6) is 0 Å². The molecule has 1 heterocycles. The predicted octanol–water partition coefficient (Wildman–Crippen LogP) is 2.71. The highest BCUT2D eigenvalue weighted by Crippen LogP contribution is 2.12. The van der Waals surface area contributed by atoms with Crippen LogP contribution in [0.15, 0.2) is 6.20 Å². The molecule has 1 rings (SSSR count). The second kappa shape index (κ2) is 8.21. The van der Waals surface area contributed by atoms with Gasteiger partial charge in [-0.3, -0.25) is 0 Å². The van der Waals surface area contributed by atoms with Crippen molar-refractivity contribution >= 4 is 17.4 Å². The minimum absolute atomic E-state index is 0.354. The smallest absolute Gasteiger partial charge is 0.407 e. The lowest BCUT2D eigenvalue weighted by Crippen LogP contribution is -2.33. The number of aromatic nitrogens is 1. The van der Waals surface area contributed by atoms with E-state index in [1.807, 2.05) is 27.0 Å². The first-order valence-corrected chi connectivity index (χ1v) is 7.83. The van der Waals surface area contributed by atoms with E-state index in [9.17, 15) is 4.79 Å². The highest BCUT2D eigenvalue weighted by atomic mass is 32.1. The Morgan fingerprint density at radius 3 is 2.75 bits per heavy atom. The fraction of sp³-hybridized carbons (Fsp3) is 0.714. The van der Waals surface area contributed by atoms with Gasteiger partial charge in [-0.2, -0.15) is 0 Å². The SMILES string of the molecule is CCc1ncc(CNCCCNC(=O)OC(C)(C)C)s1. The van der Waals surface area contributed by atoms with Gasteiger partial charge in [0.25, 0.3) is 0 Å². The zero-order valence-corrected chi connectivity index (χ0v) is 13.6. The summed E-state index contributed by atoms with van der Waals surface area (Å²) in [6, 6.07) is 0. The first kappa shape index (κ1) is 16.9. The predicted molar refractivity (Wildman–Crippen MR) is 82.1 cm³/mol. The fourth-order valence-electron chi connectivity index (χ4n) is 1.52. The molecule has 0 atom stereocenters. The summed E-state index contributed by atoms with van der Waals surface area (Å²) in [6.07, 6.45) is 3.44. The van der Waals surface area contributed by atoms with Crippen molar-refractivity contribution in [2.75, 3.05) is 13.1 Å². The maximum atomic E-state index is 11.4. The van der Waals surface area contributed by atoms with Crippen molar-refractivity contribution in [3.8, 4) is 0 Å². The number of alkyl carbamates (subject to hydrolysis) is 1. The molecule has 0 aromatic carbocycles. The van der Waals surface area contributed by atoms with Crippen LogP contribution in [0.25, 0.3) is 0 Å². The van der Waals surface area contributed by atoms with E-state index in [0.29, 0.717) is 6.54 Å². The number of nitrogens with one attached hydrogen (secondary N) is 2. The Balaban J connectivity index is 2.03. The van der Waals surface area contributed by atoms with Crippen LogP contribution in [0.2, 0.25) is 0 Å². The molecule has 0 bridgehead atoms. The summed E-state index contributed by atoms with van der Waals surface area (Å²) in [4.78, 5) is 17.0. The molecule has 114 valence electrons. The number of hydrogen-bond acceptors (Lipinski definition) is 5. The number of hydrogen-bond donors (Lipinski definition) is 2. The van der Waals surface area contributed by atoms with Crippen LogP contribution in [0.1, 0.15) is 44.0 Å². The van der Waals surface area contributed by atoms with Gasteiger partial charge >= 0.3 is 6.09 Å². The van der Waals surface area contributed by atoms with Crippen LogP contribution in [-0.4, -0.2) is 29.8 Å². The van der Waals surface area contributed by atoms with Gasteiger partial charge in [0.1, 0.15) is 5.60 Å². The lowest BCUT2D eigenvalue weighted by Gasteiger charge is -2.19. The molecule has 0 aliphatic carbocycles. The lowest BCUT2D eigenvalue weighted by molar-refractivity contribution is 0.0527. The van der Waals surface area contributed by atoms with Crippen molar-refractivity contribution in [1.82, 2.24) is 15.6 Å². The molecule has 0 aliphatic heterocycles. The van der Waals surface area contributed by atoms with Crippen molar-refractivity contribution in [2.45, 2.75) is 52.7 Å². The van der Waals surface area contributed by atoms with Gasteiger partial charge in [-0.1, -0.05) is 6.92 Å². The monoisotopic (exact) mass is 299 g/mol. The van der Waals surface area contributed by atoms with Crippen molar-refractivity contribution in [3.05, 3.63) is 16.1 Å². The van der Waals surface area contributed by atoms with E-state index in [0.717, 1.165) is 25.9 Å². The maximum absolute atomic E-state index is 11.4. The Morgan fingerprint density at radius 1 is 1.40 bits per heavy atom. The first-order valence-electron chi connectivity index (χ1n) is 7.02. The number of amides is 1. The second-order valence-electron chi connectivity index (χ2n) is 5.53. The van der Waals surface area contributed by atoms with E-state index < -0.39 is 5.60 Å². The minimum Gasteiger partial charge on any atom is -0.444 e. The summed E-state index contributed by atoms with van der Waals surface area (Å²) < 4.78 is 5.15. The number of thiazole rings is 1. The summed E-state index contributed by atoms with van der Waals surface area (Å²) in [6.45, 7) is 9.98. The number of nitrogens with zero attached hydrogens (tertiary/aromatic N) is 1. The van der Waals surface area contributed by atoms with Gasteiger partial charge in [-0.15, -0.1) is 11.3 Å². The summed E-state index contributed by atoms with van der Waals surface area (Å²) in [5, 5.41) is 7.25. The minimum atomic E-state index is -0.439. The largest absolute Gasteiger partial charge is 0.444 e. The lowest BCUT2D eigenvalue weighted by atomic mass is 10.2. The third-order valence-corrected chi connectivity index (χ3v) is 3.54. The maximum Gasteiger partial charge on any atom is 0.407 e. The van der Waals surface area contributed by atoms with Gasteiger partial charge in [0.2, 0.25) is 0 Å². The molecule has 1 amide bonds. The van der Waals surface area contributed by atoms with Gasteiger partial charge in [0.05, 0.1) is 5.01 Å². The standard InChI is InChI=1S/C14H25N3O2S/c1-5-12-17-10-11(20-12)9-15-7-6-8-16-13(18)19-14(2,3)4/h10,15H,5-9H2,1-4H3,(H,16,18). The molecule has 1 aromatic rings. The van der Waals surface area contributed by atoms with Crippen LogP contribution < -0.4 is 10.6 Å². The molecule has 6 heteroatoms. The molecule has 1 aromatic heterocycles. The summed E-state index contributed by atoms with van der Waals surface area (Å²) in [7, 11) is 0. The Hall–Kier alpha value is -1.14. The Kier molecular flexibility index (Phi) is 6.95. The molecular formula is C14H25N3O2S. The van der Waals surface area contributed by atoms with E-state index in [1.54, 1.807) is 11.3 Å². The number of aryl methyl sites for hydroxylation is 1. The molecule has 0 aliphatic rings. The van der Waals surface area contributed by atoms with Crippen LogP contribution >= 0.6 is 11.3 Å². The van der Waals surface area contributed by atoms with Gasteiger partial charge in [0.15, 0.2) is 0 Å². The van der Waals surface area contributed by atoms with Crippen molar-refractivity contribution in [2.24, 2.45) is 0 Å². The zero-order valence-electron chi connectivity index (χ0n) is 12.8. The average molecular weight is 299 g/mol. The van der Waals surface area contributed by atoms with Gasteiger partial charge in [-0.05, 0) is 40.2 Å². The van der Waals surface area contributed by atoms with E-state index in [1.165, 1.54) is 9.88 Å². The Morgan fingerprint density at radius 2 is 2.15 bits per heavy atom. The van der Waals surface area contributed by atoms with Crippen LogP contribution in [0.4, 0.5) is 4.79 Å². The molecule has 0 spiro atoms. The van der Waals surface area contributed by atoms with E-state index in [2.05, 4.69) is 22.5 Å². The topological polar surface area (TPSA) is 63.2 Å². The van der Waals surface area contributed by atoms with Gasteiger partial charge < -0.3 is 15.4 Å². The van der Waals surface area contributed by atoms with Crippen molar-refractivity contribution in [3.63, 3.8) is 0 Å².